The fraction of sp³-hybridized carbons (Fsp3) is 0.200. The van der Waals surface area contributed by atoms with Crippen molar-refractivity contribution in [2.45, 2.75) is 19.9 Å². The van der Waals surface area contributed by atoms with Gasteiger partial charge in [0.25, 0.3) is 0 Å². The summed E-state index contributed by atoms with van der Waals surface area (Å²) in [5.41, 5.74) is 9.60. The highest BCUT2D eigenvalue weighted by molar-refractivity contribution is 9.10. The highest BCUT2D eigenvalue weighted by Gasteiger charge is 2.18. The van der Waals surface area contributed by atoms with Crippen molar-refractivity contribution in [3.05, 3.63) is 67.9 Å². The molecule has 2 rings (SSSR count). The van der Waals surface area contributed by atoms with Gasteiger partial charge in [-0.05, 0) is 42.7 Å². The standard InChI is InChI=1S/C15H14BrClFN/c1-8-7-12(16)9(2)6-11(8)15(19)10-4-3-5-13(17)14(10)18/h3-7,15H,19H2,1-2H3. The molecule has 1 unspecified atom stereocenters. The molecular formula is C15H14BrClFN. The monoisotopic (exact) mass is 341 g/mol. The van der Waals surface area contributed by atoms with E-state index in [1.165, 1.54) is 6.07 Å². The van der Waals surface area contributed by atoms with Gasteiger partial charge in [0.2, 0.25) is 0 Å². The van der Waals surface area contributed by atoms with Crippen LogP contribution in [0.3, 0.4) is 0 Å². The molecule has 100 valence electrons. The molecule has 0 amide bonds. The Kier molecular flexibility index (Phi) is 4.29. The molecule has 0 heterocycles. The maximum absolute atomic E-state index is 14.0. The molecule has 0 aliphatic heterocycles. The first-order valence-corrected chi connectivity index (χ1v) is 7.05. The fourth-order valence-electron chi connectivity index (χ4n) is 2.07. The Hall–Kier alpha value is -0.900. The lowest BCUT2D eigenvalue weighted by atomic mass is 9.94. The molecule has 0 bridgehead atoms. The molecule has 0 spiro atoms. The van der Waals surface area contributed by atoms with E-state index < -0.39 is 11.9 Å². The van der Waals surface area contributed by atoms with Crippen molar-refractivity contribution >= 4 is 27.5 Å². The number of hydrogen-bond donors (Lipinski definition) is 1. The van der Waals surface area contributed by atoms with Crippen molar-refractivity contribution in [3.63, 3.8) is 0 Å². The van der Waals surface area contributed by atoms with Crippen LogP contribution in [0.4, 0.5) is 4.39 Å². The Morgan fingerprint density at radius 3 is 2.53 bits per heavy atom. The molecule has 1 atom stereocenters. The Morgan fingerprint density at radius 2 is 1.84 bits per heavy atom. The number of rotatable bonds is 2. The lowest BCUT2D eigenvalue weighted by Crippen LogP contribution is -2.15. The molecule has 0 saturated heterocycles. The van der Waals surface area contributed by atoms with Crippen LogP contribution in [-0.4, -0.2) is 0 Å². The summed E-state index contributed by atoms with van der Waals surface area (Å²) in [7, 11) is 0. The summed E-state index contributed by atoms with van der Waals surface area (Å²) < 4.78 is 15.0. The highest BCUT2D eigenvalue weighted by Crippen LogP contribution is 2.30. The molecule has 0 fully saturated rings. The zero-order valence-electron chi connectivity index (χ0n) is 10.7. The first-order chi connectivity index (χ1) is 8.91. The molecule has 2 N–H and O–H groups in total. The molecule has 0 radical (unpaired) electrons. The molecular weight excluding hydrogens is 329 g/mol. The lowest BCUT2D eigenvalue weighted by molar-refractivity contribution is 0.599. The third-order valence-corrected chi connectivity index (χ3v) is 4.35. The summed E-state index contributed by atoms with van der Waals surface area (Å²) in [6.45, 7) is 3.94. The first kappa shape index (κ1) is 14.5. The number of nitrogens with two attached hydrogens (primary N) is 1. The van der Waals surface area contributed by atoms with E-state index in [1.807, 2.05) is 26.0 Å². The van der Waals surface area contributed by atoms with Crippen LogP contribution < -0.4 is 5.73 Å². The van der Waals surface area contributed by atoms with E-state index in [-0.39, 0.29) is 5.02 Å². The van der Waals surface area contributed by atoms with E-state index in [9.17, 15) is 4.39 Å². The van der Waals surface area contributed by atoms with Crippen molar-refractivity contribution in [2.75, 3.05) is 0 Å². The predicted octanol–water partition coefficient (Wildman–Crippen LogP) is 4.91. The van der Waals surface area contributed by atoms with Gasteiger partial charge in [-0.3, -0.25) is 0 Å². The second-order valence-electron chi connectivity index (χ2n) is 4.58. The second kappa shape index (κ2) is 5.61. The minimum atomic E-state index is -0.523. The van der Waals surface area contributed by atoms with Gasteiger partial charge in [0.1, 0.15) is 5.82 Å². The molecule has 2 aromatic carbocycles. The zero-order valence-corrected chi connectivity index (χ0v) is 13.0. The third kappa shape index (κ3) is 2.83. The molecule has 0 aliphatic rings. The molecule has 0 saturated carbocycles. The maximum atomic E-state index is 14.0. The maximum Gasteiger partial charge on any atom is 0.146 e. The molecule has 19 heavy (non-hydrogen) atoms. The highest BCUT2D eigenvalue weighted by atomic mass is 79.9. The van der Waals surface area contributed by atoms with E-state index in [2.05, 4.69) is 15.9 Å². The minimum absolute atomic E-state index is 0.0967. The van der Waals surface area contributed by atoms with Gasteiger partial charge in [-0.25, -0.2) is 4.39 Å². The Bertz CT molecular complexity index is 628. The largest absolute Gasteiger partial charge is 0.320 e. The van der Waals surface area contributed by atoms with E-state index in [0.29, 0.717) is 5.56 Å². The smallest absolute Gasteiger partial charge is 0.146 e. The van der Waals surface area contributed by atoms with Gasteiger partial charge in [-0.1, -0.05) is 45.7 Å². The molecule has 4 heteroatoms. The van der Waals surface area contributed by atoms with Crippen LogP contribution in [0.2, 0.25) is 5.02 Å². The summed E-state index contributed by atoms with van der Waals surface area (Å²) in [6, 6.07) is 8.35. The van der Waals surface area contributed by atoms with Crippen molar-refractivity contribution in [1.29, 1.82) is 0 Å². The Labute approximate surface area is 125 Å². The minimum Gasteiger partial charge on any atom is -0.320 e. The summed E-state index contributed by atoms with van der Waals surface area (Å²) >= 11 is 9.28. The second-order valence-corrected chi connectivity index (χ2v) is 5.84. The number of hydrogen-bond acceptors (Lipinski definition) is 1. The van der Waals surface area contributed by atoms with Crippen molar-refractivity contribution in [2.24, 2.45) is 5.73 Å². The van der Waals surface area contributed by atoms with E-state index in [0.717, 1.165) is 21.2 Å². The van der Waals surface area contributed by atoms with E-state index >= 15 is 0 Å². The number of halogens is 3. The van der Waals surface area contributed by atoms with Crippen LogP contribution in [0.5, 0.6) is 0 Å². The van der Waals surface area contributed by atoms with Crippen LogP contribution in [0.1, 0.15) is 28.3 Å². The first-order valence-electron chi connectivity index (χ1n) is 5.88. The summed E-state index contributed by atoms with van der Waals surface area (Å²) in [5.74, 6) is -0.448. The number of aryl methyl sites for hydroxylation is 2. The predicted molar refractivity (Wildman–Crippen MR) is 81.1 cm³/mol. The van der Waals surface area contributed by atoms with Gasteiger partial charge in [-0.15, -0.1) is 0 Å². The Morgan fingerprint density at radius 1 is 1.16 bits per heavy atom. The SMILES string of the molecule is Cc1cc(C(N)c2cccc(Cl)c2F)c(C)cc1Br. The van der Waals surface area contributed by atoms with Gasteiger partial charge in [0, 0.05) is 10.0 Å². The van der Waals surface area contributed by atoms with Gasteiger partial charge >= 0.3 is 0 Å². The van der Waals surface area contributed by atoms with Crippen LogP contribution in [0.15, 0.2) is 34.8 Å². The lowest BCUT2D eigenvalue weighted by Gasteiger charge is -2.18. The number of benzene rings is 2. The van der Waals surface area contributed by atoms with Gasteiger partial charge < -0.3 is 5.73 Å². The summed E-state index contributed by atoms with van der Waals surface area (Å²) in [5, 5.41) is 0.0967. The fourth-order valence-corrected chi connectivity index (χ4v) is 2.71. The van der Waals surface area contributed by atoms with Crippen molar-refractivity contribution < 1.29 is 4.39 Å². The average molecular weight is 343 g/mol. The quantitative estimate of drug-likeness (QED) is 0.825. The van der Waals surface area contributed by atoms with E-state index in [1.54, 1.807) is 12.1 Å². The third-order valence-electron chi connectivity index (χ3n) is 3.20. The topological polar surface area (TPSA) is 26.0 Å². The van der Waals surface area contributed by atoms with Crippen LogP contribution in [0, 0.1) is 19.7 Å². The van der Waals surface area contributed by atoms with Crippen molar-refractivity contribution in [1.82, 2.24) is 0 Å². The normalized spacial score (nSPS) is 12.5. The van der Waals surface area contributed by atoms with Crippen LogP contribution in [0.25, 0.3) is 0 Å². The van der Waals surface area contributed by atoms with E-state index in [4.69, 9.17) is 17.3 Å². The Balaban J connectivity index is 2.53. The van der Waals surface area contributed by atoms with Crippen molar-refractivity contribution in [3.8, 4) is 0 Å². The molecule has 0 aliphatic carbocycles. The van der Waals surface area contributed by atoms with Gasteiger partial charge in [0.05, 0.1) is 11.1 Å². The summed E-state index contributed by atoms with van der Waals surface area (Å²) in [4.78, 5) is 0. The average Bonchev–Trinajstić information content (AvgIpc) is 2.36. The van der Waals surface area contributed by atoms with Gasteiger partial charge in [-0.2, -0.15) is 0 Å². The summed E-state index contributed by atoms with van der Waals surface area (Å²) in [6.07, 6.45) is 0. The molecule has 1 nitrogen and oxygen atoms in total. The molecule has 0 aromatic heterocycles. The molecule has 2 aromatic rings. The van der Waals surface area contributed by atoms with Crippen LogP contribution >= 0.6 is 27.5 Å². The van der Waals surface area contributed by atoms with Crippen LogP contribution in [-0.2, 0) is 0 Å². The zero-order chi connectivity index (χ0) is 14.2. The van der Waals surface area contributed by atoms with Gasteiger partial charge in [0.15, 0.2) is 0 Å².